The Hall–Kier alpha value is -1.60. The Morgan fingerprint density at radius 1 is 1.35 bits per heavy atom. The zero-order valence-electron chi connectivity index (χ0n) is 14.3. The topological polar surface area (TPSA) is 61.4 Å². The van der Waals surface area contributed by atoms with E-state index in [1.54, 1.807) is 13.0 Å². The summed E-state index contributed by atoms with van der Waals surface area (Å²) < 4.78 is 0. The molecule has 1 fully saturated rings. The highest BCUT2D eigenvalue weighted by Gasteiger charge is 2.31. The van der Waals surface area contributed by atoms with Crippen molar-refractivity contribution in [1.29, 1.82) is 0 Å². The van der Waals surface area contributed by atoms with Gasteiger partial charge in [0.05, 0.1) is 10.9 Å². The predicted molar refractivity (Wildman–Crippen MR) is 107 cm³/mol. The molecule has 0 radical (unpaired) electrons. The van der Waals surface area contributed by atoms with Gasteiger partial charge < -0.3 is 15.5 Å². The maximum absolute atomic E-state index is 12.9. The third-order valence-electron chi connectivity index (χ3n) is 4.22. The first-order valence-electron chi connectivity index (χ1n) is 8.17. The second-order valence-electron chi connectivity index (χ2n) is 5.98. The van der Waals surface area contributed by atoms with Crippen LogP contribution in [0, 0.1) is 0 Å². The SMILES string of the molecule is CC(NC(=O)c1cccs1)C(=O)N1CCNCC1c1cccc(Cl)c1.Cl. The number of carbonyl (C=O) groups excluding carboxylic acids is 2. The van der Waals surface area contributed by atoms with Crippen molar-refractivity contribution in [3.05, 3.63) is 57.2 Å². The number of nitrogens with zero attached hydrogens (tertiary/aromatic N) is 1. The summed E-state index contributed by atoms with van der Waals surface area (Å²) in [6, 6.07) is 10.4. The molecule has 2 unspecified atom stereocenters. The van der Waals surface area contributed by atoms with Crippen LogP contribution in [0.25, 0.3) is 0 Å². The van der Waals surface area contributed by atoms with Crippen molar-refractivity contribution in [3.8, 4) is 0 Å². The molecule has 1 aliphatic heterocycles. The van der Waals surface area contributed by atoms with E-state index in [0.717, 1.165) is 12.1 Å². The maximum Gasteiger partial charge on any atom is 0.261 e. The minimum Gasteiger partial charge on any atom is -0.340 e. The van der Waals surface area contributed by atoms with Crippen LogP contribution in [0.5, 0.6) is 0 Å². The number of benzene rings is 1. The number of amides is 2. The van der Waals surface area contributed by atoms with Crippen molar-refractivity contribution in [2.45, 2.75) is 19.0 Å². The van der Waals surface area contributed by atoms with Crippen molar-refractivity contribution in [2.24, 2.45) is 0 Å². The van der Waals surface area contributed by atoms with Gasteiger partial charge in [0, 0.05) is 24.7 Å². The van der Waals surface area contributed by atoms with Gasteiger partial charge in [-0.2, -0.15) is 0 Å². The van der Waals surface area contributed by atoms with E-state index in [9.17, 15) is 9.59 Å². The van der Waals surface area contributed by atoms with E-state index in [0.29, 0.717) is 23.0 Å². The summed E-state index contributed by atoms with van der Waals surface area (Å²) in [5.74, 6) is -0.304. The zero-order chi connectivity index (χ0) is 17.8. The summed E-state index contributed by atoms with van der Waals surface area (Å²) in [7, 11) is 0. The Morgan fingerprint density at radius 2 is 2.15 bits per heavy atom. The van der Waals surface area contributed by atoms with Crippen molar-refractivity contribution in [2.75, 3.05) is 19.6 Å². The first-order valence-corrected chi connectivity index (χ1v) is 9.43. The second-order valence-corrected chi connectivity index (χ2v) is 7.36. The van der Waals surface area contributed by atoms with Gasteiger partial charge in [-0.1, -0.05) is 29.8 Å². The lowest BCUT2D eigenvalue weighted by molar-refractivity contribution is -0.136. The Labute approximate surface area is 168 Å². The molecule has 2 heterocycles. The largest absolute Gasteiger partial charge is 0.340 e. The molecule has 2 amide bonds. The van der Waals surface area contributed by atoms with Gasteiger partial charge in [-0.3, -0.25) is 9.59 Å². The Bertz CT molecular complexity index is 755. The van der Waals surface area contributed by atoms with Gasteiger partial charge in [-0.15, -0.1) is 23.7 Å². The number of hydrogen-bond acceptors (Lipinski definition) is 4. The van der Waals surface area contributed by atoms with Crippen LogP contribution in [0.15, 0.2) is 41.8 Å². The average Bonchev–Trinajstić information content (AvgIpc) is 3.16. The molecule has 0 bridgehead atoms. The quantitative estimate of drug-likeness (QED) is 0.808. The molecule has 2 atom stereocenters. The number of carbonyl (C=O) groups is 2. The van der Waals surface area contributed by atoms with E-state index < -0.39 is 6.04 Å². The van der Waals surface area contributed by atoms with Crippen molar-refractivity contribution < 1.29 is 9.59 Å². The molecule has 1 saturated heterocycles. The fraction of sp³-hybridized carbons (Fsp3) is 0.333. The molecule has 140 valence electrons. The van der Waals surface area contributed by atoms with Crippen LogP contribution in [-0.2, 0) is 4.79 Å². The van der Waals surface area contributed by atoms with Gasteiger partial charge in [0.1, 0.15) is 6.04 Å². The van der Waals surface area contributed by atoms with E-state index in [1.165, 1.54) is 11.3 Å². The monoisotopic (exact) mass is 413 g/mol. The number of rotatable bonds is 4. The molecule has 2 N–H and O–H groups in total. The molecule has 8 heteroatoms. The lowest BCUT2D eigenvalue weighted by Crippen LogP contribution is -2.54. The van der Waals surface area contributed by atoms with E-state index in [1.807, 2.05) is 40.6 Å². The Kier molecular flexibility index (Phi) is 7.46. The lowest BCUT2D eigenvalue weighted by atomic mass is 10.0. The van der Waals surface area contributed by atoms with Crippen LogP contribution >= 0.6 is 35.3 Å². The van der Waals surface area contributed by atoms with Gasteiger partial charge in [-0.05, 0) is 36.1 Å². The van der Waals surface area contributed by atoms with E-state index in [2.05, 4.69) is 10.6 Å². The van der Waals surface area contributed by atoms with Gasteiger partial charge >= 0.3 is 0 Å². The lowest BCUT2D eigenvalue weighted by Gasteiger charge is -2.38. The Balaban J connectivity index is 0.00000243. The summed E-state index contributed by atoms with van der Waals surface area (Å²) in [4.78, 5) is 27.5. The summed E-state index contributed by atoms with van der Waals surface area (Å²) >= 11 is 7.46. The third kappa shape index (κ3) is 4.76. The van der Waals surface area contributed by atoms with Gasteiger partial charge in [0.25, 0.3) is 5.91 Å². The first kappa shape index (κ1) is 20.7. The number of nitrogens with one attached hydrogen (secondary N) is 2. The summed E-state index contributed by atoms with van der Waals surface area (Å²) in [6.45, 7) is 3.71. The summed E-state index contributed by atoms with van der Waals surface area (Å²) in [5, 5.41) is 8.60. The number of piperazine rings is 1. The van der Waals surface area contributed by atoms with Crippen molar-refractivity contribution >= 4 is 47.2 Å². The van der Waals surface area contributed by atoms with Gasteiger partial charge in [-0.25, -0.2) is 0 Å². The van der Waals surface area contributed by atoms with Crippen LogP contribution in [0.3, 0.4) is 0 Å². The number of halogens is 2. The molecule has 3 rings (SSSR count). The fourth-order valence-electron chi connectivity index (χ4n) is 2.97. The van der Waals surface area contributed by atoms with Gasteiger partial charge in [0.2, 0.25) is 5.91 Å². The standard InChI is InChI=1S/C18H20ClN3O2S.ClH/c1-12(21-17(23)16-6-3-9-25-16)18(24)22-8-7-20-11-15(22)13-4-2-5-14(19)10-13;/h2-6,9-10,12,15,20H,7-8,11H2,1H3,(H,21,23);1H. The fourth-order valence-corrected chi connectivity index (χ4v) is 3.79. The van der Waals surface area contributed by atoms with Gasteiger partial charge in [0.15, 0.2) is 0 Å². The van der Waals surface area contributed by atoms with E-state index >= 15 is 0 Å². The first-order chi connectivity index (χ1) is 12.1. The highest BCUT2D eigenvalue weighted by atomic mass is 35.5. The molecule has 0 saturated carbocycles. The highest BCUT2D eigenvalue weighted by molar-refractivity contribution is 7.12. The van der Waals surface area contributed by atoms with Crippen LogP contribution < -0.4 is 10.6 Å². The molecule has 5 nitrogen and oxygen atoms in total. The Morgan fingerprint density at radius 3 is 2.85 bits per heavy atom. The normalized spacial score (nSPS) is 17.9. The zero-order valence-corrected chi connectivity index (χ0v) is 16.7. The molecule has 1 aromatic heterocycles. The second kappa shape index (κ2) is 9.37. The smallest absolute Gasteiger partial charge is 0.261 e. The molecule has 1 aliphatic rings. The van der Waals surface area contributed by atoms with E-state index in [-0.39, 0.29) is 30.3 Å². The van der Waals surface area contributed by atoms with Crippen molar-refractivity contribution in [1.82, 2.24) is 15.5 Å². The molecule has 0 aliphatic carbocycles. The van der Waals surface area contributed by atoms with Crippen molar-refractivity contribution in [3.63, 3.8) is 0 Å². The summed E-state index contributed by atoms with van der Waals surface area (Å²) in [5.41, 5.74) is 0.991. The summed E-state index contributed by atoms with van der Waals surface area (Å²) in [6.07, 6.45) is 0. The maximum atomic E-state index is 12.9. The molecule has 0 spiro atoms. The molecule has 26 heavy (non-hydrogen) atoms. The molecule has 1 aromatic carbocycles. The molecule has 2 aromatic rings. The number of hydrogen-bond donors (Lipinski definition) is 2. The van der Waals surface area contributed by atoms with Crippen LogP contribution in [0.1, 0.15) is 28.2 Å². The molecular formula is C18H21Cl2N3O2S. The predicted octanol–water partition coefficient (Wildman–Crippen LogP) is 3.11. The van der Waals surface area contributed by atoms with E-state index in [4.69, 9.17) is 11.6 Å². The third-order valence-corrected chi connectivity index (χ3v) is 5.33. The molecular weight excluding hydrogens is 393 g/mol. The minimum absolute atomic E-state index is 0. The minimum atomic E-state index is -0.589. The van der Waals surface area contributed by atoms with Crippen LogP contribution in [0.4, 0.5) is 0 Å². The van der Waals surface area contributed by atoms with Crippen LogP contribution in [0.2, 0.25) is 5.02 Å². The average molecular weight is 414 g/mol. The number of thiophene rings is 1. The van der Waals surface area contributed by atoms with Crippen LogP contribution in [-0.4, -0.2) is 42.4 Å². The highest BCUT2D eigenvalue weighted by Crippen LogP contribution is 2.25.